The zero-order chi connectivity index (χ0) is 17.7. The Balaban J connectivity index is 1.72. The minimum absolute atomic E-state index is 0.0603. The third-order valence-electron chi connectivity index (χ3n) is 3.84. The van der Waals surface area contributed by atoms with E-state index in [0.29, 0.717) is 28.2 Å². The Morgan fingerprint density at radius 1 is 1.00 bits per heavy atom. The molecule has 0 aliphatic carbocycles. The molecule has 2 heterocycles. The van der Waals surface area contributed by atoms with Crippen molar-refractivity contribution in [1.82, 2.24) is 19.9 Å². The van der Waals surface area contributed by atoms with E-state index in [1.165, 1.54) is 0 Å². The fourth-order valence-electron chi connectivity index (χ4n) is 2.66. The summed E-state index contributed by atoms with van der Waals surface area (Å²) in [6, 6.07) is 5.95. The van der Waals surface area contributed by atoms with Gasteiger partial charge in [0.1, 0.15) is 23.0 Å². The molecule has 0 aliphatic heterocycles. The lowest BCUT2D eigenvalue weighted by Crippen LogP contribution is -2.10. The Labute approximate surface area is 138 Å². The van der Waals surface area contributed by atoms with Gasteiger partial charge in [-0.05, 0) is 18.2 Å². The predicted octanol–water partition coefficient (Wildman–Crippen LogP) is 2.73. The van der Waals surface area contributed by atoms with Gasteiger partial charge in [-0.2, -0.15) is 0 Å². The summed E-state index contributed by atoms with van der Waals surface area (Å²) < 4.78 is 40.3. The van der Waals surface area contributed by atoms with E-state index in [1.807, 2.05) is 0 Å². The number of hydrogen-bond donors (Lipinski definition) is 4. The summed E-state index contributed by atoms with van der Waals surface area (Å²) >= 11 is 0. The summed E-state index contributed by atoms with van der Waals surface area (Å²) in [4.78, 5) is 14.2. The summed E-state index contributed by atoms with van der Waals surface area (Å²) in [5.41, 5.74) is 7.17. The maximum absolute atomic E-state index is 13.7. The minimum Gasteiger partial charge on any atom is -0.384 e. The Bertz CT molecular complexity index is 1140. The van der Waals surface area contributed by atoms with Gasteiger partial charge in [-0.1, -0.05) is 0 Å². The summed E-state index contributed by atoms with van der Waals surface area (Å²) in [5, 5.41) is 7.45. The van der Waals surface area contributed by atoms with Crippen LogP contribution in [0.1, 0.15) is 17.2 Å². The molecule has 0 aliphatic rings. The molecule has 5 N–H and O–H groups in total. The SMILES string of the molecule is N=C(N)c1ccc2nc(Cc3nc4c(F)c(F)c(F)cc4[nH]3)[nH]c2c1. The first-order chi connectivity index (χ1) is 11.9. The quantitative estimate of drug-likeness (QED) is 0.261. The first kappa shape index (κ1) is 15.2. The van der Waals surface area contributed by atoms with Crippen LogP contribution in [0.5, 0.6) is 0 Å². The van der Waals surface area contributed by atoms with Crippen LogP contribution in [0.2, 0.25) is 0 Å². The van der Waals surface area contributed by atoms with Crippen LogP contribution in [-0.2, 0) is 6.42 Å². The Morgan fingerprint density at radius 3 is 2.48 bits per heavy atom. The molecule has 0 bridgehead atoms. The van der Waals surface area contributed by atoms with Crippen molar-refractivity contribution in [1.29, 1.82) is 5.41 Å². The van der Waals surface area contributed by atoms with Gasteiger partial charge in [0.2, 0.25) is 0 Å². The molecular formula is C16H11F3N6. The van der Waals surface area contributed by atoms with E-state index >= 15 is 0 Å². The van der Waals surface area contributed by atoms with Gasteiger partial charge in [-0.25, -0.2) is 23.1 Å². The largest absolute Gasteiger partial charge is 0.384 e. The summed E-state index contributed by atoms with van der Waals surface area (Å²) in [6.07, 6.45) is 0.182. The van der Waals surface area contributed by atoms with E-state index in [9.17, 15) is 13.2 Å². The van der Waals surface area contributed by atoms with E-state index in [2.05, 4.69) is 19.9 Å². The Morgan fingerprint density at radius 2 is 1.72 bits per heavy atom. The van der Waals surface area contributed by atoms with Gasteiger partial charge in [-0.3, -0.25) is 5.41 Å². The number of fused-ring (bicyclic) bond motifs is 2. The molecule has 126 valence electrons. The van der Waals surface area contributed by atoms with Gasteiger partial charge in [0.15, 0.2) is 17.5 Å². The second-order valence-electron chi connectivity index (χ2n) is 5.57. The highest BCUT2D eigenvalue weighted by Crippen LogP contribution is 2.22. The zero-order valence-electron chi connectivity index (χ0n) is 12.6. The second kappa shape index (κ2) is 5.33. The third-order valence-corrected chi connectivity index (χ3v) is 3.84. The van der Waals surface area contributed by atoms with Crippen molar-refractivity contribution in [3.63, 3.8) is 0 Å². The first-order valence-electron chi connectivity index (χ1n) is 7.27. The molecule has 0 saturated heterocycles. The number of aromatic amines is 2. The third kappa shape index (κ3) is 2.49. The fraction of sp³-hybridized carbons (Fsp3) is 0.0625. The normalized spacial score (nSPS) is 11.5. The van der Waals surface area contributed by atoms with Crippen molar-refractivity contribution in [3.05, 3.63) is 58.9 Å². The van der Waals surface area contributed by atoms with Crippen LogP contribution in [0, 0.1) is 22.9 Å². The van der Waals surface area contributed by atoms with Crippen LogP contribution in [0.15, 0.2) is 24.3 Å². The monoisotopic (exact) mass is 344 g/mol. The van der Waals surface area contributed by atoms with Crippen molar-refractivity contribution in [3.8, 4) is 0 Å². The Hall–Kier alpha value is -3.36. The van der Waals surface area contributed by atoms with Gasteiger partial charge >= 0.3 is 0 Å². The number of H-pyrrole nitrogens is 2. The maximum atomic E-state index is 13.7. The number of amidine groups is 1. The number of benzene rings is 2. The minimum atomic E-state index is -1.55. The number of nitrogen functional groups attached to an aromatic ring is 1. The molecule has 4 rings (SSSR count). The van der Waals surface area contributed by atoms with E-state index in [0.717, 1.165) is 6.07 Å². The highest BCUT2D eigenvalue weighted by Gasteiger charge is 2.17. The average Bonchev–Trinajstić information content (AvgIpc) is 3.15. The second-order valence-corrected chi connectivity index (χ2v) is 5.57. The number of nitrogens with two attached hydrogens (primary N) is 1. The first-order valence-corrected chi connectivity index (χ1v) is 7.27. The van der Waals surface area contributed by atoms with E-state index in [1.54, 1.807) is 18.2 Å². The molecule has 0 radical (unpaired) electrons. The molecule has 2 aromatic heterocycles. The van der Waals surface area contributed by atoms with Crippen LogP contribution >= 0.6 is 0 Å². The number of halogens is 3. The molecule has 0 spiro atoms. The lowest BCUT2D eigenvalue weighted by Gasteiger charge is -1.96. The van der Waals surface area contributed by atoms with Gasteiger partial charge in [-0.15, -0.1) is 0 Å². The predicted molar refractivity (Wildman–Crippen MR) is 85.9 cm³/mol. The topological polar surface area (TPSA) is 107 Å². The van der Waals surface area contributed by atoms with Crippen molar-refractivity contribution in [2.75, 3.05) is 0 Å². The summed E-state index contributed by atoms with van der Waals surface area (Å²) in [5.74, 6) is -3.38. The van der Waals surface area contributed by atoms with Crippen LogP contribution in [0.3, 0.4) is 0 Å². The molecule has 2 aromatic carbocycles. The molecule has 4 aromatic rings. The summed E-state index contributed by atoms with van der Waals surface area (Å²) in [7, 11) is 0. The molecule has 25 heavy (non-hydrogen) atoms. The molecule has 9 heteroatoms. The zero-order valence-corrected chi connectivity index (χ0v) is 12.6. The highest BCUT2D eigenvalue weighted by atomic mass is 19.2. The lowest BCUT2D eigenvalue weighted by atomic mass is 10.2. The molecular weight excluding hydrogens is 333 g/mol. The fourth-order valence-corrected chi connectivity index (χ4v) is 2.66. The van der Waals surface area contributed by atoms with Crippen LogP contribution in [0.4, 0.5) is 13.2 Å². The van der Waals surface area contributed by atoms with Gasteiger partial charge in [0.25, 0.3) is 0 Å². The Kier molecular flexibility index (Phi) is 3.24. The molecule has 6 nitrogen and oxygen atoms in total. The van der Waals surface area contributed by atoms with Gasteiger partial charge < -0.3 is 15.7 Å². The molecule has 0 saturated carbocycles. The molecule has 0 unspecified atom stereocenters. The van der Waals surface area contributed by atoms with E-state index < -0.39 is 17.5 Å². The van der Waals surface area contributed by atoms with Crippen molar-refractivity contribution in [2.45, 2.75) is 6.42 Å². The molecule has 0 atom stereocenters. The van der Waals surface area contributed by atoms with Crippen molar-refractivity contribution < 1.29 is 13.2 Å². The summed E-state index contributed by atoms with van der Waals surface area (Å²) in [6.45, 7) is 0. The van der Waals surface area contributed by atoms with E-state index in [4.69, 9.17) is 11.1 Å². The van der Waals surface area contributed by atoms with Gasteiger partial charge in [0.05, 0.1) is 23.0 Å². The average molecular weight is 344 g/mol. The van der Waals surface area contributed by atoms with Crippen LogP contribution in [-0.4, -0.2) is 25.8 Å². The van der Waals surface area contributed by atoms with Gasteiger partial charge in [0, 0.05) is 11.6 Å². The smallest absolute Gasteiger partial charge is 0.196 e. The van der Waals surface area contributed by atoms with Crippen LogP contribution < -0.4 is 5.73 Å². The number of hydrogen-bond acceptors (Lipinski definition) is 3. The number of aromatic nitrogens is 4. The highest BCUT2D eigenvalue weighted by molar-refractivity contribution is 5.97. The standard InChI is InChI=1S/C16H11F3N6/c17-7-4-10-15(14(19)13(7)18)25-12(24-10)5-11-22-8-2-1-6(16(20)21)3-9(8)23-11/h1-4H,5H2,(H3,20,21)(H,22,23)(H,24,25). The van der Waals surface area contributed by atoms with Crippen LogP contribution in [0.25, 0.3) is 22.1 Å². The molecule has 0 amide bonds. The number of rotatable bonds is 3. The van der Waals surface area contributed by atoms with Crippen molar-refractivity contribution >= 4 is 27.9 Å². The maximum Gasteiger partial charge on any atom is 0.196 e. The number of imidazole rings is 2. The van der Waals surface area contributed by atoms with E-state index in [-0.39, 0.29) is 23.3 Å². The van der Waals surface area contributed by atoms with Crippen molar-refractivity contribution in [2.24, 2.45) is 5.73 Å². The lowest BCUT2D eigenvalue weighted by molar-refractivity contribution is 0.452. The number of nitrogens with one attached hydrogen (secondary N) is 3. The molecule has 0 fully saturated rings. The number of nitrogens with zero attached hydrogens (tertiary/aromatic N) is 2.